The van der Waals surface area contributed by atoms with Crippen molar-refractivity contribution in [3.05, 3.63) is 29.8 Å². The van der Waals surface area contributed by atoms with Crippen LogP contribution < -0.4 is 15.4 Å². The van der Waals surface area contributed by atoms with Crippen molar-refractivity contribution in [3.63, 3.8) is 0 Å². The molecule has 112 valence electrons. The number of nitrogens with one attached hydrogen (secondary N) is 2. The summed E-state index contributed by atoms with van der Waals surface area (Å²) in [4.78, 5) is 11.7. The van der Waals surface area contributed by atoms with Crippen LogP contribution >= 0.6 is 12.4 Å². The second-order valence-corrected chi connectivity index (χ2v) is 5.26. The summed E-state index contributed by atoms with van der Waals surface area (Å²) in [5, 5.41) is 6.13. The van der Waals surface area contributed by atoms with Crippen LogP contribution in [0.2, 0.25) is 0 Å². The maximum atomic E-state index is 11.7. The molecule has 0 spiro atoms. The number of amides is 1. The van der Waals surface area contributed by atoms with E-state index in [0.29, 0.717) is 5.92 Å². The Balaban J connectivity index is 0.00000200. The minimum absolute atomic E-state index is 0. The van der Waals surface area contributed by atoms with Crippen LogP contribution in [-0.2, 0) is 11.2 Å². The van der Waals surface area contributed by atoms with E-state index >= 15 is 0 Å². The molecule has 0 aliphatic carbocycles. The van der Waals surface area contributed by atoms with Crippen molar-refractivity contribution in [2.45, 2.75) is 13.3 Å². The Morgan fingerprint density at radius 1 is 1.40 bits per heavy atom. The highest BCUT2D eigenvalue weighted by atomic mass is 35.5. The number of halogens is 1. The SMILES string of the molecule is COc1ccc(CC(C)CNC(=O)C2CNC2)cc1.Cl. The normalized spacial score (nSPS) is 15.7. The van der Waals surface area contributed by atoms with Gasteiger partial charge in [-0.05, 0) is 30.0 Å². The van der Waals surface area contributed by atoms with E-state index in [-0.39, 0.29) is 24.2 Å². The molecule has 0 saturated carbocycles. The smallest absolute Gasteiger partial charge is 0.225 e. The number of hydrogen-bond acceptors (Lipinski definition) is 3. The van der Waals surface area contributed by atoms with E-state index in [1.165, 1.54) is 5.56 Å². The summed E-state index contributed by atoms with van der Waals surface area (Å²) in [6.45, 7) is 4.53. The summed E-state index contributed by atoms with van der Waals surface area (Å²) in [6, 6.07) is 8.10. The van der Waals surface area contributed by atoms with Gasteiger partial charge in [-0.25, -0.2) is 0 Å². The number of ether oxygens (including phenoxy) is 1. The highest BCUT2D eigenvalue weighted by molar-refractivity contribution is 5.85. The lowest BCUT2D eigenvalue weighted by Gasteiger charge is -2.26. The molecule has 0 radical (unpaired) electrons. The standard InChI is InChI=1S/C15H22N2O2.ClH/c1-11(8-17-15(18)13-9-16-10-13)7-12-3-5-14(19-2)6-4-12;/h3-6,11,13,16H,7-10H2,1-2H3,(H,17,18);1H. The summed E-state index contributed by atoms with van der Waals surface area (Å²) < 4.78 is 5.14. The van der Waals surface area contributed by atoms with Crippen molar-refractivity contribution < 1.29 is 9.53 Å². The second kappa shape index (κ2) is 8.12. The first kappa shape index (κ1) is 16.8. The Kier molecular flexibility index (Phi) is 6.82. The molecule has 1 aliphatic heterocycles. The number of carbonyl (C=O) groups excluding carboxylic acids is 1. The number of rotatable bonds is 6. The van der Waals surface area contributed by atoms with Gasteiger partial charge in [0.2, 0.25) is 5.91 Å². The quantitative estimate of drug-likeness (QED) is 0.839. The lowest BCUT2D eigenvalue weighted by atomic mass is 9.99. The molecule has 1 saturated heterocycles. The van der Waals surface area contributed by atoms with Gasteiger partial charge in [-0.2, -0.15) is 0 Å². The van der Waals surface area contributed by atoms with Crippen molar-refractivity contribution in [3.8, 4) is 5.75 Å². The second-order valence-electron chi connectivity index (χ2n) is 5.26. The number of carbonyl (C=O) groups is 1. The molecule has 1 aliphatic rings. The van der Waals surface area contributed by atoms with E-state index < -0.39 is 0 Å². The Hall–Kier alpha value is -1.26. The molecule has 1 heterocycles. The average Bonchev–Trinajstić information content (AvgIpc) is 2.35. The van der Waals surface area contributed by atoms with Crippen LogP contribution in [0.4, 0.5) is 0 Å². The molecule has 2 rings (SSSR count). The lowest BCUT2D eigenvalue weighted by molar-refractivity contribution is -0.126. The topological polar surface area (TPSA) is 50.4 Å². The fourth-order valence-corrected chi connectivity index (χ4v) is 2.13. The molecule has 2 N–H and O–H groups in total. The summed E-state index contributed by atoms with van der Waals surface area (Å²) in [6.07, 6.45) is 0.965. The van der Waals surface area contributed by atoms with Crippen LogP contribution in [0.25, 0.3) is 0 Å². The van der Waals surface area contributed by atoms with Crippen molar-refractivity contribution in [1.82, 2.24) is 10.6 Å². The van der Waals surface area contributed by atoms with Gasteiger partial charge in [0.25, 0.3) is 0 Å². The lowest BCUT2D eigenvalue weighted by Crippen LogP contribution is -2.51. The maximum Gasteiger partial charge on any atom is 0.225 e. The van der Waals surface area contributed by atoms with Gasteiger partial charge < -0.3 is 15.4 Å². The van der Waals surface area contributed by atoms with Crippen LogP contribution in [0.1, 0.15) is 12.5 Å². The molecule has 20 heavy (non-hydrogen) atoms. The molecule has 0 aromatic heterocycles. The van der Waals surface area contributed by atoms with Crippen molar-refractivity contribution in [1.29, 1.82) is 0 Å². The van der Waals surface area contributed by atoms with Crippen LogP contribution in [0.15, 0.2) is 24.3 Å². The summed E-state index contributed by atoms with van der Waals surface area (Å²) in [5.74, 6) is 1.67. The number of methoxy groups -OCH3 is 1. The Morgan fingerprint density at radius 3 is 2.55 bits per heavy atom. The molecule has 1 aromatic carbocycles. The zero-order chi connectivity index (χ0) is 13.7. The minimum atomic E-state index is 0. The molecule has 5 heteroatoms. The molecular weight excluding hydrogens is 276 g/mol. The predicted octanol–water partition coefficient (Wildman–Crippen LogP) is 1.63. The number of benzene rings is 1. The molecule has 4 nitrogen and oxygen atoms in total. The zero-order valence-electron chi connectivity index (χ0n) is 12.0. The summed E-state index contributed by atoms with van der Waals surface area (Å²) in [5.41, 5.74) is 1.27. The molecule has 1 atom stereocenters. The Labute approximate surface area is 126 Å². The molecule has 1 unspecified atom stereocenters. The molecular formula is C15H23ClN2O2. The zero-order valence-corrected chi connectivity index (χ0v) is 12.8. The molecule has 0 bridgehead atoms. The van der Waals surface area contributed by atoms with E-state index in [1.807, 2.05) is 12.1 Å². The monoisotopic (exact) mass is 298 g/mol. The predicted molar refractivity (Wildman–Crippen MR) is 82.5 cm³/mol. The van der Waals surface area contributed by atoms with Gasteiger partial charge in [-0.3, -0.25) is 4.79 Å². The van der Waals surface area contributed by atoms with Crippen LogP contribution in [0.5, 0.6) is 5.75 Å². The maximum absolute atomic E-state index is 11.7. The van der Waals surface area contributed by atoms with Crippen molar-refractivity contribution >= 4 is 18.3 Å². The van der Waals surface area contributed by atoms with Gasteiger partial charge >= 0.3 is 0 Å². The van der Waals surface area contributed by atoms with Crippen molar-refractivity contribution in [2.24, 2.45) is 11.8 Å². The van der Waals surface area contributed by atoms with Gasteiger partial charge in [0, 0.05) is 19.6 Å². The number of hydrogen-bond donors (Lipinski definition) is 2. The van der Waals surface area contributed by atoms with E-state index in [4.69, 9.17) is 4.74 Å². The average molecular weight is 299 g/mol. The molecule has 1 amide bonds. The van der Waals surface area contributed by atoms with Gasteiger partial charge in [0.15, 0.2) is 0 Å². The van der Waals surface area contributed by atoms with Gasteiger partial charge in [-0.1, -0.05) is 19.1 Å². The largest absolute Gasteiger partial charge is 0.497 e. The van der Waals surface area contributed by atoms with Crippen molar-refractivity contribution in [2.75, 3.05) is 26.7 Å². The first-order valence-corrected chi connectivity index (χ1v) is 6.80. The Bertz CT molecular complexity index is 418. The van der Waals surface area contributed by atoms with E-state index in [9.17, 15) is 4.79 Å². The Morgan fingerprint density at radius 2 is 2.05 bits per heavy atom. The third kappa shape index (κ3) is 4.69. The van der Waals surface area contributed by atoms with Gasteiger partial charge in [0.1, 0.15) is 5.75 Å². The van der Waals surface area contributed by atoms with E-state index in [0.717, 1.165) is 31.8 Å². The molecule has 1 fully saturated rings. The fraction of sp³-hybridized carbons (Fsp3) is 0.533. The third-order valence-electron chi connectivity index (χ3n) is 3.52. The minimum Gasteiger partial charge on any atom is -0.497 e. The first-order chi connectivity index (χ1) is 9.19. The van der Waals surface area contributed by atoms with Crippen LogP contribution in [0, 0.1) is 11.8 Å². The third-order valence-corrected chi connectivity index (χ3v) is 3.52. The van der Waals surface area contributed by atoms with Crippen LogP contribution in [-0.4, -0.2) is 32.7 Å². The first-order valence-electron chi connectivity index (χ1n) is 6.80. The summed E-state index contributed by atoms with van der Waals surface area (Å²) >= 11 is 0. The van der Waals surface area contributed by atoms with Gasteiger partial charge in [-0.15, -0.1) is 12.4 Å². The van der Waals surface area contributed by atoms with E-state index in [1.54, 1.807) is 7.11 Å². The summed E-state index contributed by atoms with van der Waals surface area (Å²) in [7, 11) is 1.67. The fourth-order valence-electron chi connectivity index (χ4n) is 2.13. The molecule has 1 aromatic rings. The highest BCUT2D eigenvalue weighted by Crippen LogP contribution is 2.14. The van der Waals surface area contributed by atoms with Gasteiger partial charge in [0.05, 0.1) is 13.0 Å². The van der Waals surface area contributed by atoms with E-state index in [2.05, 4.69) is 29.7 Å². The van der Waals surface area contributed by atoms with Crippen LogP contribution in [0.3, 0.4) is 0 Å². The highest BCUT2D eigenvalue weighted by Gasteiger charge is 2.24.